The van der Waals surface area contributed by atoms with Gasteiger partial charge >= 0.3 is 0 Å². The van der Waals surface area contributed by atoms with Gasteiger partial charge in [-0.05, 0) is 69.9 Å². The third kappa shape index (κ3) is 4.87. The van der Waals surface area contributed by atoms with E-state index in [2.05, 4.69) is 36.4 Å². The van der Waals surface area contributed by atoms with Gasteiger partial charge in [-0.25, -0.2) is 4.98 Å². The molecule has 2 N–H and O–H groups in total. The highest BCUT2D eigenvalue weighted by Crippen LogP contribution is 2.36. The van der Waals surface area contributed by atoms with Crippen molar-refractivity contribution in [1.29, 1.82) is 0 Å². The van der Waals surface area contributed by atoms with Crippen LogP contribution in [-0.2, 0) is 11.2 Å². The van der Waals surface area contributed by atoms with Crippen LogP contribution in [0.5, 0.6) is 5.75 Å². The second-order valence-corrected chi connectivity index (χ2v) is 9.60. The monoisotopic (exact) mass is 435 g/mol. The van der Waals surface area contributed by atoms with E-state index in [1.54, 1.807) is 13.3 Å². The van der Waals surface area contributed by atoms with E-state index >= 15 is 0 Å². The topological polar surface area (TPSA) is 78.8 Å². The van der Waals surface area contributed by atoms with Crippen LogP contribution < -0.4 is 15.4 Å². The maximum Gasteiger partial charge on any atom is 0.222 e. The molecule has 0 atom stereocenters. The van der Waals surface area contributed by atoms with Gasteiger partial charge in [-0.2, -0.15) is 0 Å². The molecule has 3 heterocycles. The number of carbonyl (C=O) groups excluding carboxylic acids is 1. The van der Waals surface area contributed by atoms with Crippen molar-refractivity contribution in [3.05, 3.63) is 48.2 Å². The molecule has 32 heavy (non-hydrogen) atoms. The van der Waals surface area contributed by atoms with E-state index in [0.29, 0.717) is 25.9 Å². The van der Waals surface area contributed by atoms with Gasteiger partial charge in [-0.3, -0.25) is 9.79 Å². The number of anilines is 2. The lowest BCUT2D eigenvalue weighted by atomic mass is 9.83. The third-order valence-electron chi connectivity index (χ3n) is 6.05. The van der Waals surface area contributed by atoms with Crippen LogP contribution in [0.15, 0.2) is 47.6 Å². The Morgan fingerprint density at radius 2 is 2.00 bits per heavy atom. The van der Waals surface area contributed by atoms with Gasteiger partial charge in [0, 0.05) is 25.7 Å². The molecule has 1 aromatic carbocycles. The number of ether oxygens (including phenoxy) is 1. The number of pyridine rings is 1. The summed E-state index contributed by atoms with van der Waals surface area (Å²) in [5, 5.41) is 7.18. The van der Waals surface area contributed by atoms with E-state index in [1.807, 2.05) is 41.3 Å². The van der Waals surface area contributed by atoms with Crippen LogP contribution >= 0.6 is 0 Å². The summed E-state index contributed by atoms with van der Waals surface area (Å²) in [5.74, 6) is 2.74. The number of likely N-dealkylation sites (tertiary alicyclic amines) is 1. The quantitative estimate of drug-likeness (QED) is 0.755. The van der Waals surface area contributed by atoms with Crippen LogP contribution in [0.4, 0.5) is 11.5 Å². The summed E-state index contributed by atoms with van der Waals surface area (Å²) in [4.78, 5) is 24.4. The molecule has 4 rings (SSSR count). The van der Waals surface area contributed by atoms with Crippen molar-refractivity contribution in [2.75, 3.05) is 30.8 Å². The zero-order valence-corrected chi connectivity index (χ0v) is 19.4. The van der Waals surface area contributed by atoms with Gasteiger partial charge in [-0.15, -0.1) is 0 Å². The first-order valence-electron chi connectivity index (χ1n) is 11.3. The Labute approximate surface area is 190 Å². The number of aryl methyl sites for hydroxylation is 1. The van der Waals surface area contributed by atoms with Crippen LogP contribution in [0.3, 0.4) is 0 Å². The Bertz CT molecular complexity index is 1000. The number of aromatic nitrogens is 1. The fourth-order valence-electron chi connectivity index (χ4n) is 4.36. The normalized spacial score (nSPS) is 18.6. The van der Waals surface area contributed by atoms with Crippen molar-refractivity contribution < 1.29 is 9.53 Å². The predicted octanol–water partition coefficient (Wildman–Crippen LogP) is 4.12. The van der Waals surface area contributed by atoms with Gasteiger partial charge in [0.1, 0.15) is 11.6 Å². The fraction of sp³-hybridized carbons (Fsp3) is 0.480. The Morgan fingerprint density at radius 3 is 2.72 bits per heavy atom. The lowest BCUT2D eigenvalue weighted by Crippen LogP contribution is -2.59. The number of amidine groups is 1. The van der Waals surface area contributed by atoms with Crippen molar-refractivity contribution in [3.63, 3.8) is 0 Å². The van der Waals surface area contributed by atoms with Crippen LogP contribution in [0.2, 0.25) is 0 Å². The second kappa shape index (κ2) is 8.81. The highest BCUT2D eigenvalue weighted by molar-refractivity contribution is 6.09. The van der Waals surface area contributed by atoms with E-state index in [-0.39, 0.29) is 17.0 Å². The molecule has 1 fully saturated rings. The fourth-order valence-corrected chi connectivity index (χ4v) is 4.36. The number of benzene rings is 1. The summed E-state index contributed by atoms with van der Waals surface area (Å²) in [6.07, 6.45) is 4.60. The van der Waals surface area contributed by atoms with Crippen LogP contribution in [-0.4, -0.2) is 52.9 Å². The molecule has 0 bridgehead atoms. The molecule has 1 aromatic heterocycles. The Morgan fingerprint density at radius 1 is 1.22 bits per heavy atom. The van der Waals surface area contributed by atoms with Crippen molar-refractivity contribution in [1.82, 2.24) is 9.88 Å². The standard InChI is InChI=1S/C25H33N5O2/c1-24(2,3)29-23-25(28-20-9-6-14-26-22(20)27-23)12-15-30(16-13-25)21(31)11-10-18-7-5-8-19(17-18)32-4/h5-9,14,17,28H,10-13,15-16H2,1-4H3,(H,26,27,29). The highest BCUT2D eigenvalue weighted by atomic mass is 16.5. The molecule has 0 aliphatic carbocycles. The van der Waals surface area contributed by atoms with Crippen molar-refractivity contribution >= 4 is 23.2 Å². The summed E-state index contributed by atoms with van der Waals surface area (Å²) in [6, 6.07) is 11.9. The largest absolute Gasteiger partial charge is 0.497 e. The van der Waals surface area contributed by atoms with E-state index in [0.717, 1.165) is 41.5 Å². The molecular formula is C25H33N5O2. The third-order valence-corrected chi connectivity index (χ3v) is 6.05. The molecule has 2 aliphatic heterocycles. The van der Waals surface area contributed by atoms with Crippen LogP contribution in [0, 0.1) is 0 Å². The molecule has 0 unspecified atom stereocenters. The first kappa shape index (κ1) is 22.1. The summed E-state index contributed by atoms with van der Waals surface area (Å²) >= 11 is 0. The van der Waals surface area contributed by atoms with Gasteiger partial charge in [0.2, 0.25) is 5.91 Å². The number of carbonyl (C=O) groups is 1. The lowest BCUT2D eigenvalue weighted by molar-refractivity contribution is -0.132. The number of piperidine rings is 1. The van der Waals surface area contributed by atoms with Crippen molar-refractivity contribution in [2.45, 2.75) is 57.5 Å². The summed E-state index contributed by atoms with van der Waals surface area (Å²) < 4.78 is 5.29. The maximum atomic E-state index is 12.9. The number of hydrogen-bond donors (Lipinski definition) is 2. The first-order valence-corrected chi connectivity index (χ1v) is 11.3. The number of fused-ring (bicyclic) bond motifs is 1. The van der Waals surface area contributed by atoms with Crippen molar-refractivity contribution in [3.8, 4) is 5.75 Å². The number of aliphatic imine (C=N–C) groups is 1. The van der Waals surface area contributed by atoms with Gasteiger partial charge in [-0.1, -0.05) is 12.1 Å². The highest BCUT2D eigenvalue weighted by Gasteiger charge is 2.44. The molecule has 1 saturated heterocycles. The molecular weight excluding hydrogens is 402 g/mol. The van der Waals surface area contributed by atoms with E-state index < -0.39 is 0 Å². The van der Waals surface area contributed by atoms with Gasteiger partial charge in [0.25, 0.3) is 0 Å². The minimum Gasteiger partial charge on any atom is -0.497 e. The molecule has 7 nitrogen and oxygen atoms in total. The number of hydrogen-bond acceptors (Lipinski definition) is 5. The molecule has 1 amide bonds. The minimum atomic E-state index is -0.313. The maximum absolute atomic E-state index is 12.9. The zero-order chi connectivity index (χ0) is 22.8. The summed E-state index contributed by atoms with van der Waals surface area (Å²) in [6.45, 7) is 7.69. The average molecular weight is 436 g/mol. The minimum absolute atomic E-state index is 0.197. The number of nitrogens with zero attached hydrogens (tertiary/aromatic N) is 3. The first-order chi connectivity index (χ1) is 15.3. The number of amides is 1. The molecule has 1 spiro atoms. The van der Waals surface area contributed by atoms with E-state index in [1.165, 1.54) is 0 Å². The average Bonchev–Trinajstić information content (AvgIpc) is 2.78. The molecule has 7 heteroatoms. The SMILES string of the molecule is COc1cccc(CCC(=O)N2CCC3(CC2)Nc2cccnc2NC3=NC(C)(C)C)c1. The second-order valence-electron chi connectivity index (χ2n) is 9.60. The predicted molar refractivity (Wildman–Crippen MR) is 129 cm³/mol. The molecule has 170 valence electrons. The number of rotatable bonds is 4. The number of nitrogens with one attached hydrogen (secondary N) is 2. The van der Waals surface area contributed by atoms with Gasteiger partial charge in [0.15, 0.2) is 5.82 Å². The Balaban J connectivity index is 1.44. The summed E-state index contributed by atoms with van der Waals surface area (Å²) in [5.41, 5.74) is 1.58. The van der Waals surface area contributed by atoms with Gasteiger partial charge in [0.05, 0.1) is 23.9 Å². The van der Waals surface area contributed by atoms with E-state index in [4.69, 9.17) is 9.73 Å². The Hall–Kier alpha value is -3.09. The Kier molecular flexibility index (Phi) is 6.09. The van der Waals surface area contributed by atoms with Crippen LogP contribution in [0.1, 0.15) is 45.6 Å². The lowest BCUT2D eigenvalue weighted by Gasteiger charge is -2.46. The van der Waals surface area contributed by atoms with Gasteiger partial charge < -0.3 is 20.3 Å². The zero-order valence-electron chi connectivity index (χ0n) is 19.4. The molecule has 0 radical (unpaired) electrons. The van der Waals surface area contributed by atoms with Crippen LogP contribution in [0.25, 0.3) is 0 Å². The molecule has 2 aliphatic rings. The molecule has 0 saturated carbocycles. The van der Waals surface area contributed by atoms with Crippen molar-refractivity contribution in [2.24, 2.45) is 4.99 Å². The van der Waals surface area contributed by atoms with E-state index in [9.17, 15) is 4.79 Å². The smallest absolute Gasteiger partial charge is 0.222 e. The summed E-state index contributed by atoms with van der Waals surface area (Å²) in [7, 11) is 1.66. The number of methoxy groups -OCH3 is 1. The molecule has 2 aromatic rings.